The zero-order valence-corrected chi connectivity index (χ0v) is 19.2. The van der Waals surface area contributed by atoms with Crippen molar-refractivity contribution in [2.24, 2.45) is 0 Å². The number of aromatic nitrogens is 3. The van der Waals surface area contributed by atoms with Crippen LogP contribution in [0.3, 0.4) is 0 Å². The fraction of sp³-hybridized carbons (Fsp3) is 0.522. The first-order valence-corrected chi connectivity index (χ1v) is 11.4. The number of hydrogen-bond donors (Lipinski definition) is 1. The van der Waals surface area contributed by atoms with Crippen LogP contribution in [0.1, 0.15) is 46.1 Å². The fourth-order valence-corrected chi connectivity index (χ4v) is 4.26. The second-order valence-corrected chi connectivity index (χ2v) is 9.98. The third-order valence-corrected chi connectivity index (χ3v) is 6.30. The standard InChI is InChI=1S/C23H32N4O2S/c1-6-13-27-20(17-9-11-18(12-10-17)23(3,4)5)25-26-22(27)30-16(2)21(28)24-15-19-8-7-14-29-19/h6,9-12,16,19H,1,7-8,13-15H2,2-5H3,(H,24,28). The van der Waals surface area contributed by atoms with Crippen LogP contribution in [0.5, 0.6) is 0 Å². The van der Waals surface area contributed by atoms with Crippen molar-refractivity contribution in [3.63, 3.8) is 0 Å². The van der Waals surface area contributed by atoms with Crippen LogP contribution in [-0.4, -0.2) is 45.2 Å². The Morgan fingerprint density at radius 3 is 2.70 bits per heavy atom. The number of amides is 1. The predicted octanol–water partition coefficient (Wildman–Crippen LogP) is 4.20. The lowest BCUT2D eigenvalue weighted by atomic mass is 9.87. The molecule has 0 radical (unpaired) electrons. The summed E-state index contributed by atoms with van der Waals surface area (Å²) in [5.41, 5.74) is 2.37. The first kappa shape index (κ1) is 22.6. The van der Waals surface area contributed by atoms with Crippen LogP contribution in [0.2, 0.25) is 0 Å². The topological polar surface area (TPSA) is 69.0 Å². The molecular formula is C23H32N4O2S. The summed E-state index contributed by atoms with van der Waals surface area (Å²) in [6.07, 6.45) is 4.03. The molecule has 0 spiro atoms. The van der Waals surface area contributed by atoms with E-state index in [0.29, 0.717) is 18.2 Å². The van der Waals surface area contributed by atoms with Gasteiger partial charge < -0.3 is 10.1 Å². The SMILES string of the molecule is C=CCn1c(SC(C)C(=O)NCC2CCCO2)nnc1-c1ccc(C(C)(C)C)cc1. The Labute approximate surface area is 183 Å². The molecule has 7 heteroatoms. The van der Waals surface area contributed by atoms with Gasteiger partial charge in [-0.3, -0.25) is 9.36 Å². The lowest BCUT2D eigenvalue weighted by Crippen LogP contribution is -2.36. The van der Waals surface area contributed by atoms with Crippen molar-refractivity contribution in [2.45, 2.75) is 69.0 Å². The van der Waals surface area contributed by atoms with E-state index in [9.17, 15) is 4.79 Å². The summed E-state index contributed by atoms with van der Waals surface area (Å²) in [6, 6.07) is 8.43. The van der Waals surface area contributed by atoms with Crippen LogP contribution in [0, 0.1) is 0 Å². The molecule has 1 aliphatic heterocycles. The molecule has 162 valence electrons. The van der Waals surface area contributed by atoms with E-state index in [1.54, 1.807) is 0 Å². The Kier molecular flexibility index (Phi) is 7.36. The molecule has 0 saturated carbocycles. The number of thioether (sulfide) groups is 1. The van der Waals surface area contributed by atoms with E-state index in [-0.39, 0.29) is 22.7 Å². The lowest BCUT2D eigenvalue weighted by Gasteiger charge is -2.19. The number of ether oxygens (including phenoxy) is 1. The molecule has 1 aromatic carbocycles. The number of benzene rings is 1. The summed E-state index contributed by atoms with van der Waals surface area (Å²) in [5, 5.41) is 12.2. The molecule has 2 unspecified atom stereocenters. The molecular weight excluding hydrogens is 396 g/mol. The number of carbonyl (C=O) groups is 1. The summed E-state index contributed by atoms with van der Waals surface area (Å²) in [5.74, 6) is 0.768. The number of allylic oxidation sites excluding steroid dienone is 1. The Bertz CT molecular complexity index is 864. The molecule has 2 atom stereocenters. The number of hydrogen-bond acceptors (Lipinski definition) is 5. The van der Waals surface area contributed by atoms with Crippen molar-refractivity contribution < 1.29 is 9.53 Å². The largest absolute Gasteiger partial charge is 0.376 e. The van der Waals surface area contributed by atoms with Crippen molar-refractivity contribution in [2.75, 3.05) is 13.2 Å². The molecule has 1 amide bonds. The summed E-state index contributed by atoms with van der Waals surface area (Å²) in [4.78, 5) is 12.5. The van der Waals surface area contributed by atoms with E-state index >= 15 is 0 Å². The predicted molar refractivity (Wildman–Crippen MR) is 122 cm³/mol. The van der Waals surface area contributed by atoms with Gasteiger partial charge in [-0.1, -0.05) is 62.9 Å². The highest BCUT2D eigenvalue weighted by molar-refractivity contribution is 8.00. The van der Waals surface area contributed by atoms with E-state index < -0.39 is 0 Å². The maximum atomic E-state index is 12.5. The van der Waals surface area contributed by atoms with Gasteiger partial charge in [-0.05, 0) is 30.7 Å². The minimum Gasteiger partial charge on any atom is -0.376 e. The average Bonchev–Trinajstić information content (AvgIpc) is 3.36. The van der Waals surface area contributed by atoms with Gasteiger partial charge in [0.25, 0.3) is 0 Å². The second kappa shape index (κ2) is 9.79. The van der Waals surface area contributed by atoms with Crippen LogP contribution in [0.15, 0.2) is 42.1 Å². The van der Waals surface area contributed by atoms with Gasteiger partial charge in [0, 0.05) is 25.3 Å². The Morgan fingerprint density at radius 1 is 1.37 bits per heavy atom. The van der Waals surface area contributed by atoms with Crippen LogP contribution in [0.4, 0.5) is 0 Å². The quantitative estimate of drug-likeness (QED) is 0.504. The first-order valence-electron chi connectivity index (χ1n) is 10.5. The monoisotopic (exact) mass is 428 g/mol. The molecule has 1 aromatic heterocycles. The molecule has 1 aliphatic rings. The lowest BCUT2D eigenvalue weighted by molar-refractivity contribution is -0.120. The third kappa shape index (κ3) is 5.52. The highest BCUT2D eigenvalue weighted by Gasteiger charge is 2.23. The smallest absolute Gasteiger partial charge is 0.233 e. The van der Waals surface area contributed by atoms with Gasteiger partial charge in [0.1, 0.15) is 0 Å². The van der Waals surface area contributed by atoms with Crippen LogP contribution in [0.25, 0.3) is 11.4 Å². The molecule has 1 N–H and O–H groups in total. The zero-order valence-electron chi connectivity index (χ0n) is 18.4. The van der Waals surface area contributed by atoms with Gasteiger partial charge in [0.05, 0.1) is 11.4 Å². The van der Waals surface area contributed by atoms with E-state index in [1.165, 1.54) is 17.3 Å². The average molecular weight is 429 g/mol. The fourth-order valence-electron chi connectivity index (χ4n) is 3.38. The molecule has 1 fully saturated rings. The van der Waals surface area contributed by atoms with Gasteiger partial charge in [-0.15, -0.1) is 16.8 Å². The molecule has 3 rings (SSSR count). The molecule has 2 aromatic rings. The van der Waals surface area contributed by atoms with Crippen molar-refractivity contribution in [3.05, 3.63) is 42.5 Å². The van der Waals surface area contributed by atoms with Crippen molar-refractivity contribution in [1.82, 2.24) is 20.1 Å². The van der Waals surface area contributed by atoms with Crippen molar-refractivity contribution >= 4 is 17.7 Å². The Balaban J connectivity index is 1.71. The number of rotatable bonds is 8. The van der Waals surface area contributed by atoms with Gasteiger partial charge in [0.15, 0.2) is 11.0 Å². The number of nitrogens with one attached hydrogen (secondary N) is 1. The van der Waals surface area contributed by atoms with Crippen LogP contribution in [-0.2, 0) is 21.5 Å². The van der Waals surface area contributed by atoms with Gasteiger partial charge >= 0.3 is 0 Å². The Morgan fingerprint density at radius 2 is 2.10 bits per heavy atom. The Hall–Kier alpha value is -2.12. The maximum Gasteiger partial charge on any atom is 0.233 e. The van der Waals surface area contributed by atoms with Crippen LogP contribution >= 0.6 is 11.8 Å². The first-order chi connectivity index (χ1) is 14.3. The maximum absolute atomic E-state index is 12.5. The number of nitrogens with zero attached hydrogens (tertiary/aromatic N) is 3. The zero-order chi connectivity index (χ0) is 21.7. The van der Waals surface area contributed by atoms with Gasteiger partial charge in [-0.25, -0.2) is 0 Å². The third-order valence-electron chi connectivity index (χ3n) is 5.22. The minimum absolute atomic E-state index is 0.0141. The minimum atomic E-state index is -0.282. The summed E-state index contributed by atoms with van der Waals surface area (Å²) >= 11 is 1.41. The summed E-state index contributed by atoms with van der Waals surface area (Å²) in [6.45, 7) is 14.3. The normalized spacial score (nSPS) is 17.7. The van der Waals surface area contributed by atoms with E-state index in [2.05, 4.69) is 67.1 Å². The van der Waals surface area contributed by atoms with Crippen molar-refractivity contribution in [1.29, 1.82) is 0 Å². The van der Waals surface area contributed by atoms with Gasteiger partial charge in [-0.2, -0.15) is 0 Å². The molecule has 6 nitrogen and oxygen atoms in total. The molecule has 1 saturated heterocycles. The van der Waals surface area contributed by atoms with E-state index in [0.717, 1.165) is 30.8 Å². The molecule has 0 bridgehead atoms. The van der Waals surface area contributed by atoms with E-state index in [1.807, 2.05) is 17.6 Å². The summed E-state index contributed by atoms with van der Waals surface area (Å²) < 4.78 is 7.58. The van der Waals surface area contributed by atoms with E-state index in [4.69, 9.17) is 4.74 Å². The molecule has 30 heavy (non-hydrogen) atoms. The summed E-state index contributed by atoms with van der Waals surface area (Å²) in [7, 11) is 0. The number of carbonyl (C=O) groups excluding carboxylic acids is 1. The van der Waals surface area contributed by atoms with Crippen molar-refractivity contribution in [3.8, 4) is 11.4 Å². The highest BCUT2D eigenvalue weighted by Crippen LogP contribution is 2.29. The van der Waals surface area contributed by atoms with Gasteiger partial charge in [0.2, 0.25) is 5.91 Å². The highest BCUT2D eigenvalue weighted by atomic mass is 32.2. The second-order valence-electron chi connectivity index (χ2n) is 8.67. The molecule has 2 heterocycles. The van der Waals surface area contributed by atoms with Crippen LogP contribution < -0.4 is 5.32 Å². The molecule has 0 aliphatic carbocycles.